The molecular weight excluding hydrogens is 410 g/mol. The average molecular weight is 428 g/mol. The lowest BCUT2D eigenvalue weighted by molar-refractivity contribution is -0.114. The molecular formula is C20H18BrN3O3. The number of nitrogens with zero attached hydrogens (tertiary/aromatic N) is 2. The molecule has 2 aromatic rings. The second-order valence-corrected chi connectivity index (χ2v) is 7.70. The highest BCUT2D eigenvalue weighted by atomic mass is 79.9. The van der Waals surface area contributed by atoms with Crippen LogP contribution in [0.3, 0.4) is 0 Å². The summed E-state index contributed by atoms with van der Waals surface area (Å²) in [6.45, 7) is 7.13. The van der Waals surface area contributed by atoms with Gasteiger partial charge in [-0.3, -0.25) is 14.2 Å². The largest absolute Gasteiger partial charge is 0.483 e. The summed E-state index contributed by atoms with van der Waals surface area (Å²) in [5.74, 6) is 0.352. The zero-order valence-electron chi connectivity index (χ0n) is 15.4. The number of benzene rings is 1. The van der Waals surface area contributed by atoms with Crippen molar-refractivity contribution in [3.63, 3.8) is 0 Å². The summed E-state index contributed by atoms with van der Waals surface area (Å²) in [5.41, 5.74) is 2.15. The van der Waals surface area contributed by atoms with E-state index >= 15 is 0 Å². The number of hydrogen-bond acceptors (Lipinski definition) is 4. The fourth-order valence-electron chi connectivity index (χ4n) is 3.01. The van der Waals surface area contributed by atoms with Crippen molar-refractivity contribution in [1.82, 2.24) is 4.57 Å². The molecule has 2 heterocycles. The monoisotopic (exact) mass is 427 g/mol. The molecule has 0 atom stereocenters. The normalized spacial score (nSPS) is 14.8. The molecule has 0 saturated heterocycles. The zero-order chi connectivity index (χ0) is 19.9. The van der Waals surface area contributed by atoms with E-state index < -0.39 is 5.60 Å². The molecule has 0 bridgehead atoms. The van der Waals surface area contributed by atoms with Crippen molar-refractivity contribution in [2.45, 2.75) is 33.3 Å². The molecule has 1 amide bonds. The van der Waals surface area contributed by atoms with Gasteiger partial charge in [-0.15, -0.1) is 0 Å². The molecule has 1 aromatic heterocycles. The lowest BCUT2D eigenvalue weighted by Gasteiger charge is -2.36. The van der Waals surface area contributed by atoms with Crippen LogP contribution in [0.1, 0.15) is 38.8 Å². The Bertz CT molecular complexity index is 1090. The quantitative estimate of drug-likeness (QED) is 0.787. The summed E-state index contributed by atoms with van der Waals surface area (Å²) >= 11 is 3.28. The van der Waals surface area contributed by atoms with Crippen LogP contribution in [0.5, 0.6) is 5.75 Å². The maximum atomic E-state index is 12.9. The summed E-state index contributed by atoms with van der Waals surface area (Å²) in [6, 6.07) is 8.80. The van der Waals surface area contributed by atoms with Gasteiger partial charge in [-0.1, -0.05) is 0 Å². The van der Waals surface area contributed by atoms with Crippen LogP contribution in [0.25, 0.3) is 5.70 Å². The van der Waals surface area contributed by atoms with E-state index in [4.69, 9.17) is 4.74 Å². The van der Waals surface area contributed by atoms with Crippen LogP contribution in [0, 0.1) is 11.3 Å². The van der Waals surface area contributed by atoms with Crippen molar-refractivity contribution in [2.75, 3.05) is 5.32 Å². The first-order chi connectivity index (χ1) is 12.6. The first-order valence-corrected chi connectivity index (χ1v) is 9.08. The summed E-state index contributed by atoms with van der Waals surface area (Å²) in [5, 5.41) is 12.0. The van der Waals surface area contributed by atoms with Crippen molar-refractivity contribution < 1.29 is 9.53 Å². The number of halogens is 1. The van der Waals surface area contributed by atoms with Gasteiger partial charge >= 0.3 is 0 Å². The van der Waals surface area contributed by atoms with Crippen molar-refractivity contribution in [2.24, 2.45) is 0 Å². The number of nitriles is 1. The fraction of sp³-hybridized carbons (Fsp3) is 0.250. The zero-order valence-corrected chi connectivity index (χ0v) is 17.0. The molecule has 1 aliphatic rings. The van der Waals surface area contributed by atoms with Gasteiger partial charge in [0.2, 0.25) is 5.91 Å². The number of rotatable bonds is 2. The Labute approximate surface area is 165 Å². The molecule has 6 nitrogen and oxygen atoms in total. The molecule has 0 aliphatic carbocycles. The lowest BCUT2D eigenvalue weighted by Crippen LogP contribution is -2.36. The Hall–Kier alpha value is -2.85. The molecule has 27 heavy (non-hydrogen) atoms. The van der Waals surface area contributed by atoms with E-state index in [1.165, 1.54) is 11.5 Å². The van der Waals surface area contributed by atoms with Crippen LogP contribution in [0.4, 0.5) is 5.69 Å². The van der Waals surface area contributed by atoms with Gasteiger partial charge in [0.05, 0.1) is 27.5 Å². The molecule has 0 fully saturated rings. The standard InChI is InChI=1S/C20H18BrN3O3/c1-11-18(24-10-14(23-12(2)25)8-16(21)19(24)26)15-7-13(9-22)5-6-17(15)27-20(11,3)4/h5-8,10H,1-4H3,(H,23,25). The maximum absolute atomic E-state index is 12.9. The number of anilines is 1. The number of fused-ring (bicyclic) bond motifs is 1. The van der Waals surface area contributed by atoms with E-state index in [0.717, 1.165) is 5.57 Å². The molecule has 1 N–H and O–H groups in total. The smallest absolute Gasteiger partial charge is 0.269 e. The predicted molar refractivity (Wildman–Crippen MR) is 107 cm³/mol. The Morgan fingerprint density at radius 2 is 2.04 bits per heavy atom. The van der Waals surface area contributed by atoms with Crippen LogP contribution < -0.4 is 15.6 Å². The highest BCUT2D eigenvalue weighted by Gasteiger charge is 2.34. The van der Waals surface area contributed by atoms with E-state index in [1.807, 2.05) is 20.8 Å². The average Bonchev–Trinajstić information content (AvgIpc) is 2.58. The van der Waals surface area contributed by atoms with E-state index in [0.29, 0.717) is 32.7 Å². The van der Waals surface area contributed by atoms with Gasteiger partial charge in [-0.25, -0.2) is 0 Å². The molecule has 1 aliphatic heterocycles. The minimum absolute atomic E-state index is 0.239. The Morgan fingerprint density at radius 3 is 2.67 bits per heavy atom. The van der Waals surface area contributed by atoms with E-state index in [2.05, 4.69) is 27.3 Å². The molecule has 7 heteroatoms. The minimum atomic E-state index is -0.646. The van der Waals surface area contributed by atoms with E-state index in [1.54, 1.807) is 30.5 Å². The topological polar surface area (TPSA) is 84.1 Å². The maximum Gasteiger partial charge on any atom is 0.269 e. The van der Waals surface area contributed by atoms with Crippen LogP contribution in [-0.2, 0) is 4.79 Å². The van der Waals surface area contributed by atoms with Crippen LogP contribution in [-0.4, -0.2) is 16.1 Å². The van der Waals surface area contributed by atoms with Crippen LogP contribution >= 0.6 is 15.9 Å². The van der Waals surface area contributed by atoms with Crippen LogP contribution in [0.15, 0.2) is 45.3 Å². The van der Waals surface area contributed by atoms with E-state index in [9.17, 15) is 14.9 Å². The van der Waals surface area contributed by atoms with Crippen molar-refractivity contribution in [1.29, 1.82) is 5.26 Å². The van der Waals surface area contributed by atoms with Gasteiger partial charge in [0, 0.05) is 18.7 Å². The molecule has 0 radical (unpaired) electrons. The Kier molecular flexibility index (Phi) is 4.70. The van der Waals surface area contributed by atoms with Crippen LogP contribution in [0.2, 0.25) is 0 Å². The highest BCUT2D eigenvalue weighted by molar-refractivity contribution is 9.10. The second kappa shape index (κ2) is 6.71. The number of aromatic nitrogens is 1. The van der Waals surface area contributed by atoms with Gasteiger partial charge in [-0.2, -0.15) is 5.26 Å². The molecule has 0 spiro atoms. The third kappa shape index (κ3) is 3.40. The summed E-state index contributed by atoms with van der Waals surface area (Å²) in [7, 11) is 0. The number of carbonyl (C=O) groups excluding carboxylic acids is 1. The molecule has 0 unspecified atom stereocenters. The van der Waals surface area contributed by atoms with Gasteiger partial charge < -0.3 is 10.1 Å². The number of hydrogen-bond donors (Lipinski definition) is 1. The third-order valence-corrected chi connectivity index (χ3v) is 5.09. The summed E-state index contributed by atoms with van der Waals surface area (Å²) < 4.78 is 7.88. The first-order valence-electron chi connectivity index (χ1n) is 8.29. The number of pyridine rings is 1. The van der Waals surface area contributed by atoms with Gasteiger partial charge in [0.25, 0.3) is 5.56 Å². The third-order valence-electron chi connectivity index (χ3n) is 4.52. The predicted octanol–water partition coefficient (Wildman–Crippen LogP) is 3.89. The van der Waals surface area contributed by atoms with Gasteiger partial charge in [0.1, 0.15) is 11.4 Å². The van der Waals surface area contributed by atoms with Crippen molar-refractivity contribution >= 4 is 33.2 Å². The SMILES string of the molecule is CC(=O)Nc1cc(Br)c(=O)n(C2=C(C)C(C)(C)Oc3ccc(C#N)cc32)c1. The summed E-state index contributed by atoms with van der Waals surface area (Å²) in [6.07, 6.45) is 1.58. The van der Waals surface area contributed by atoms with Gasteiger partial charge in [-0.05, 0) is 66.5 Å². The molecule has 1 aromatic carbocycles. The fourth-order valence-corrected chi connectivity index (χ4v) is 3.45. The van der Waals surface area contributed by atoms with Crippen molar-refractivity contribution in [3.8, 4) is 11.8 Å². The van der Waals surface area contributed by atoms with Gasteiger partial charge in [0.15, 0.2) is 0 Å². The number of ether oxygens (including phenoxy) is 1. The first kappa shape index (κ1) is 18.9. The Morgan fingerprint density at radius 1 is 1.33 bits per heavy atom. The highest BCUT2D eigenvalue weighted by Crippen LogP contribution is 2.41. The number of carbonyl (C=O) groups is 1. The lowest BCUT2D eigenvalue weighted by atomic mass is 9.90. The number of amides is 1. The number of nitrogens with one attached hydrogen (secondary N) is 1. The molecule has 3 rings (SSSR count). The molecule has 138 valence electrons. The second-order valence-electron chi connectivity index (χ2n) is 6.84. The van der Waals surface area contributed by atoms with Crippen molar-refractivity contribution in [3.05, 3.63) is 62.0 Å². The minimum Gasteiger partial charge on any atom is -0.483 e. The molecule has 0 saturated carbocycles. The van der Waals surface area contributed by atoms with E-state index in [-0.39, 0.29) is 11.5 Å². The Balaban J connectivity index is 2.35. The summed E-state index contributed by atoms with van der Waals surface area (Å²) in [4.78, 5) is 24.4.